The summed E-state index contributed by atoms with van der Waals surface area (Å²) in [6, 6.07) is 6.25. The van der Waals surface area contributed by atoms with Crippen LogP contribution in [0.5, 0.6) is 0 Å². The Morgan fingerprint density at radius 2 is 2.00 bits per heavy atom. The Hall–Kier alpha value is -0.830. The van der Waals surface area contributed by atoms with E-state index >= 15 is 0 Å². The highest BCUT2D eigenvalue weighted by molar-refractivity contribution is 9.09. The number of amides is 1. The van der Waals surface area contributed by atoms with Crippen LogP contribution in [0.2, 0.25) is 0 Å². The number of nitrogens with one attached hydrogen (secondary N) is 1. The normalized spacial score (nSPS) is 23.1. The monoisotopic (exact) mass is 323 g/mol. The molecule has 2 nitrogen and oxygen atoms in total. The number of aryl methyl sites for hydroxylation is 2. The van der Waals surface area contributed by atoms with Crippen LogP contribution in [-0.4, -0.2) is 17.3 Å². The molecule has 0 bridgehead atoms. The lowest BCUT2D eigenvalue weighted by atomic mass is 9.85. The number of rotatable bonds is 3. The third-order valence-corrected chi connectivity index (χ3v) is 5.02. The van der Waals surface area contributed by atoms with E-state index in [9.17, 15) is 4.79 Å². The summed E-state index contributed by atoms with van der Waals surface area (Å²) in [6.45, 7) is 4.12. The molecule has 1 N–H and O–H groups in total. The number of hydrogen-bond donors (Lipinski definition) is 1. The molecule has 1 aromatic rings. The lowest BCUT2D eigenvalue weighted by Crippen LogP contribution is -2.42. The molecular formula is C16H22BrNO. The van der Waals surface area contributed by atoms with Crippen LogP contribution in [0.4, 0.5) is 0 Å². The van der Waals surface area contributed by atoms with E-state index < -0.39 is 0 Å². The van der Waals surface area contributed by atoms with E-state index in [0.717, 1.165) is 17.3 Å². The highest BCUT2D eigenvalue weighted by Crippen LogP contribution is 2.26. The molecule has 19 heavy (non-hydrogen) atoms. The molecule has 0 saturated heterocycles. The predicted octanol–water partition coefficient (Wildman–Crippen LogP) is 3.99. The molecule has 0 spiro atoms. The van der Waals surface area contributed by atoms with E-state index in [4.69, 9.17) is 0 Å². The zero-order valence-corrected chi connectivity index (χ0v) is 13.3. The standard InChI is InChI=1S/C16H22BrNO/c1-11-7-8-13(9-12(11)2)16(19)18-15-6-4-3-5-14(15)10-17/h7-9,14-15H,3-6,10H2,1-2H3,(H,18,19). The van der Waals surface area contributed by atoms with Crippen molar-refractivity contribution in [2.24, 2.45) is 5.92 Å². The lowest BCUT2D eigenvalue weighted by molar-refractivity contribution is 0.0911. The van der Waals surface area contributed by atoms with Gasteiger partial charge in [0.05, 0.1) is 0 Å². The number of hydrogen-bond acceptors (Lipinski definition) is 1. The molecule has 0 aliphatic heterocycles. The van der Waals surface area contributed by atoms with Gasteiger partial charge in [-0.25, -0.2) is 0 Å². The van der Waals surface area contributed by atoms with Crippen LogP contribution in [0.25, 0.3) is 0 Å². The van der Waals surface area contributed by atoms with Gasteiger partial charge in [-0.1, -0.05) is 34.8 Å². The van der Waals surface area contributed by atoms with Gasteiger partial charge in [0.1, 0.15) is 0 Å². The van der Waals surface area contributed by atoms with Crippen molar-refractivity contribution < 1.29 is 4.79 Å². The minimum absolute atomic E-state index is 0.0703. The summed E-state index contributed by atoms with van der Waals surface area (Å²) in [5.41, 5.74) is 3.18. The van der Waals surface area contributed by atoms with Gasteiger partial charge < -0.3 is 5.32 Å². The van der Waals surface area contributed by atoms with Gasteiger partial charge in [-0.05, 0) is 55.9 Å². The fraction of sp³-hybridized carbons (Fsp3) is 0.562. The molecule has 3 heteroatoms. The molecule has 1 amide bonds. The van der Waals surface area contributed by atoms with Crippen molar-refractivity contribution in [1.29, 1.82) is 0 Å². The van der Waals surface area contributed by atoms with Gasteiger partial charge in [0.15, 0.2) is 0 Å². The van der Waals surface area contributed by atoms with Gasteiger partial charge in [0.2, 0.25) is 0 Å². The molecule has 104 valence electrons. The first kappa shape index (κ1) is 14.6. The SMILES string of the molecule is Cc1ccc(C(=O)NC2CCCCC2CBr)cc1C. The second-order valence-corrected chi connectivity index (χ2v) is 6.23. The van der Waals surface area contributed by atoms with Crippen molar-refractivity contribution in [2.75, 3.05) is 5.33 Å². The van der Waals surface area contributed by atoms with E-state index in [2.05, 4.69) is 28.2 Å². The number of carbonyl (C=O) groups is 1. The fourth-order valence-corrected chi connectivity index (χ4v) is 3.49. The van der Waals surface area contributed by atoms with Gasteiger partial charge in [-0.15, -0.1) is 0 Å². The number of alkyl halides is 1. The minimum Gasteiger partial charge on any atom is -0.349 e. The van der Waals surface area contributed by atoms with E-state index in [0.29, 0.717) is 12.0 Å². The summed E-state index contributed by atoms with van der Waals surface area (Å²) < 4.78 is 0. The summed E-state index contributed by atoms with van der Waals surface area (Å²) in [5.74, 6) is 0.644. The molecular weight excluding hydrogens is 302 g/mol. The Labute approximate surface area is 124 Å². The second-order valence-electron chi connectivity index (χ2n) is 5.58. The van der Waals surface area contributed by atoms with Crippen LogP contribution in [0.1, 0.15) is 47.2 Å². The topological polar surface area (TPSA) is 29.1 Å². The first-order valence-electron chi connectivity index (χ1n) is 7.06. The number of benzene rings is 1. The summed E-state index contributed by atoms with van der Waals surface area (Å²) >= 11 is 3.57. The number of halogens is 1. The Kier molecular flexibility index (Phi) is 5.03. The first-order valence-corrected chi connectivity index (χ1v) is 8.18. The molecule has 0 aromatic heterocycles. The highest BCUT2D eigenvalue weighted by atomic mass is 79.9. The fourth-order valence-electron chi connectivity index (χ4n) is 2.72. The summed E-state index contributed by atoms with van der Waals surface area (Å²) in [4.78, 5) is 12.3. The molecule has 1 fully saturated rings. The highest BCUT2D eigenvalue weighted by Gasteiger charge is 2.25. The van der Waals surface area contributed by atoms with Crippen LogP contribution in [0.3, 0.4) is 0 Å². The molecule has 0 heterocycles. The quantitative estimate of drug-likeness (QED) is 0.837. The first-order chi connectivity index (χ1) is 9.11. The van der Waals surface area contributed by atoms with E-state index in [1.807, 2.05) is 25.1 Å². The minimum atomic E-state index is 0.0703. The maximum absolute atomic E-state index is 12.3. The summed E-state index contributed by atoms with van der Waals surface area (Å²) in [5, 5.41) is 4.19. The average molecular weight is 324 g/mol. The summed E-state index contributed by atoms with van der Waals surface area (Å²) in [6.07, 6.45) is 4.82. The van der Waals surface area contributed by atoms with Crippen molar-refractivity contribution in [3.8, 4) is 0 Å². The Morgan fingerprint density at radius 1 is 1.26 bits per heavy atom. The lowest BCUT2D eigenvalue weighted by Gasteiger charge is -2.31. The van der Waals surface area contributed by atoms with Crippen molar-refractivity contribution in [3.05, 3.63) is 34.9 Å². The van der Waals surface area contributed by atoms with Gasteiger partial charge >= 0.3 is 0 Å². The van der Waals surface area contributed by atoms with Gasteiger partial charge in [0, 0.05) is 16.9 Å². The average Bonchev–Trinajstić information content (AvgIpc) is 2.42. The maximum Gasteiger partial charge on any atom is 0.251 e. The molecule has 2 rings (SSSR count). The molecule has 0 radical (unpaired) electrons. The zero-order valence-electron chi connectivity index (χ0n) is 11.7. The largest absolute Gasteiger partial charge is 0.349 e. The molecule has 1 aromatic carbocycles. The molecule has 2 unspecified atom stereocenters. The smallest absolute Gasteiger partial charge is 0.251 e. The second kappa shape index (κ2) is 6.56. The Morgan fingerprint density at radius 3 is 2.68 bits per heavy atom. The molecule has 1 saturated carbocycles. The van der Waals surface area contributed by atoms with Crippen molar-refractivity contribution in [2.45, 2.75) is 45.6 Å². The molecule has 1 aliphatic rings. The maximum atomic E-state index is 12.3. The van der Waals surface area contributed by atoms with Crippen molar-refractivity contribution in [3.63, 3.8) is 0 Å². The summed E-state index contributed by atoms with van der Waals surface area (Å²) in [7, 11) is 0. The Bertz CT molecular complexity index is 458. The number of carbonyl (C=O) groups excluding carboxylic acids is 1. The van der Waals surface area contributed by atoms with Crippen LogP contribution in [-0.2, 0) is 0 Å². The van der Waals surface area contributed by atoms with Gasteiger partial charge in [-0.2, -0.15) is 0 Å². The third-order valence-electron chi connectivity index (χ3n) is 4.19. The molecule has 2 atom stereocenters. The van der Waals surface area contributed by atoms with E-state index in [1.54, 1.807) is 0 Å². The van der Waals surface area contributed by atoms with Gasteiger partial charge in [-0.3, -0.25) is 4.79 Å². The van der Waals surface area contributed by atoms with Gasteiger partial charge in [0.25, 0.3) is 5.91 Å². The third kappa shape index (κ3) is 3.59. The van der Waals surface area contributed by atoms with Crippen LogP contribution in [0, 0.1) is 19.8 Å². The predicted molar refractivity (Wildman–Crippen MR) is 82.9 cm³/mol. The van der Waals surface area contributed by atoms with Crippen molar-refractivity contribution >= 4 is 21.8 Å². The van der Waals surface area contributed by atoms with E-state index in [-0.39, 0.29) is 5.91 Å². The van der Waals surface area contributed by atoms with Crippen LogP contribution in [0.15, 0.2) is 18.2 Å². The molecule has 1 aliphatic carbocycles. The van der Waals surface area contributed by atoms with Crippen LogP contribution >= 0.6 is 15.9 Å². The van der Waals surface area contributed by atoms with Crippen molar-refractivity contribution in [1.82, 2.24) is 5.32 Å². The zero-order chi connectivity index (χ0) is 13.8. The Balaban J connectivity index is 2.05. The van der Waals surface area contributed by atoms with E-state index in [1.165, 1.54) is 30.4 Å². The van der Waals surface area contributed by atoms with Crippen LogP contribution < -0.4 is 5.32 Å².